The molecule has 1 fully saturated rings. The summed E-state index contributed by atoms with van der Waals surface area (Å²) < 4.78 is 5.42. The Kier molecular flexibility index (Phi) is 5.91. The zero-order valence-electron chi connectivity index (χ0n) is 17.7. The first-order chi connectivity index (χ1) is 16.1. The summed E-state index contributed by atoms with van der Waals surface area (Å²) in [6, 6.07) is 13.4. The van der Waals surface area contributed by atoms with Crippen LogP contribution in [0.15, 0.2) is 54.7 Å². The number of aromatic nitrogens is 2. The maximum absolute atomic E-state index is 12.7. The van der Waals surface area contributed by atoms with E-state index < -0.39 is 5.91 Å². The van der Waals surface area contributed by atoms with Crippen LogP contribution in [0.3, 0.4) is 0 Å². The smallest absolute Gasteiger partial charge is 0.255 e. The number of carbonyl (C=O) groups is 1. The predicted molar refractivity (Wildman–Crippen MR) is 127 cm³/mol. The van der Waals surface area contributed by atoms with E-state index in [1.54, 1.807) is 6.07 Å². The lowest BCUT2D eigenvalue weighted by Gasteiger charge is -2.26. The molecule has 2 aromatic carbocycles. The number of amides is 1. The molecular weight excluding hydrogens is 440 g/mol. The third-order valence-electron chi connectivity index (χ3n) is 5.46. The third-order valence-corrected chi connectivity index (χ3v) is 6.47. The van der Waals surface area contributed by atoms with E-state index in [-0.39, 0.29) is 17.1 Å². The van der Waals surface area contributed by atoms with Crippen LogP contribution < -0.4 is 5.32 Å². The number of anilines is 1. The van der Waals surface area contributed by atoms with Crippen LogP contribution in [0.4, 0.5) is 5.69 Å². The van der Waals surface area contributed by atoms with E-state index >= 15 is 0 Å². The van der Waals surface area contributed by atoms with Crippen molar-refractivity contribution in [2.45, 2.75) is 6.54 Å². The second-order valence-corrected chi connectivity index (χ2v) is 8.76. The van der Waals surface area contributed by atoms with Gasteiger partial charge in [-0.2, -0.15) is 0 Å². The van der Waals surface area contributed by atoms with Crippen molar-refractivity contribution in [3.05, 3.63) is 65.9 Å². The number of nitrogens with zero attached hydrogens (tertiary/aromatic N) is 3. The molecule has 0 saturated carbocycles. The molecule has 33 heavy (non-hydrogen) atoms. The molecule has 8 nitrogen and oxygen atoms in total. The van der Waals surface area contributed by atoms with E-state index in [9.17, 15) is 15.0 Å². The largest absolute Gasteiger partial charge is 0.504 e. The molecule has 1 aliphatic rings. The summed E-state index contributed by atoms with van der Waals surface area (Å²) in [4.78, 5) is 25.3. The standard InChI is InChI=1S/C24H22N4O4S/c29-20-6-5-16(12-21(20)30)22(31)26-18-4-2-1-3-17(18)23-27-19-11-15(13-25-24(19)33-23)14-28-7-9-32-10-8-28/h1-6,11-13,29-30H,7-10,14H2,(H,26,31). The Morgan fingerprint density at radius 2 is 1.91 bits per heavy atom. The van der Waals surface area contributed by atoms with E-state index in [1.165, 1.54) is 29.5 Å². The first-order valence-electron chi connectivity index (χ1n) is 10.5. The van der Waals surface area contributed by atoms with Gasteiger partial charge < -0.3 is 20.3 Å². The van der Waals surface area contributed by atoms with Crippen molar-refractivity contribution in [2.24, 2.45) is 0 Å². The number of pyridine rings is 1. The van der Waals surface area contributed by atoms with Crippen LogP contribution in [0.5, 0.6) is 11.5 Å². The highest BCUT2D eigenvalue weighted by molar-refractivity contribution is 7.21. The van der Waals surface area contributed by atoms with Gasteiger partial charge in [-0.15, -0.1) is 0 Å². The Labute approximate surface area is 194 Å². The number of fused-ring (bicyclic) bond motifs is 1. The van der Waals surface area contributed by atoms with Gasteiger partial charge in [0.05, 0.1) is 18.9 Å². The van der Waals surface area contributed by atoms with Crippen LogP contribution in [0.2, 0.25) is 0 Å². The fourth-order valence-electron chi connectivity index (χ4n) is 3.72. The molecule has 0 radical (unpaired) electrons. The Balaban J connectivity index is 1.40. The summed E-state index contributed by atoms with van der Waals surface area (Å²) in [6.45, 7) is 4.13. The molecular formula is C24H22N4O4S. The number of morpholine rings is 1. The number of para-hydroxylation sites is 1. The maximum Gasteiger partial charge on any atom is 0.255 e. The second kappa shape index (κ2) is 9.14. The molecule has 0 spiro atoms. The molecule has 1 amide bonds. The summed E-state index contributed by atoms with van der Waals surface area (Å²) in [7, 11) is 0. The van der Waals surface area contributed by atoms with Gasteiger partial charge in [-0.05, 0) is 42.0 Å². The first kappa shape index (κ1) is 21.3. The summed E-state index contributed by atoms with van der Waals surface area (Å²) >= 11 is 1.47. The van der Waals surface area contributed by atoms with Crippen LogP contribution >= 0.6 is 11.3 Å². The van der Waals surface area contributed by atoms with Crippen molar-refractivity contribution < 1.29 is 19.7 Å². The molecule has 1 aliphatic heterocycles. The minimum absolute atomic E-state index is 0.235. The van der Waals surface area contributed by atoms with E-state index in [1.807, 2.05) is 24.4 Å². The highest BCUT2D eigenvalue weighted by atomic mass is 32.1. The average molecular weight is 463 g/mol. The zero-order chi connectivity index (χ0) is 22.8. The summed E-state index contributed by atoms with van der Waals surface area (Å²) in [6.07, 6.45) is 1.89. The molecule has 9 heteroatoms. The van der Waals surface area contributed by atoms with Crippen LogP contribution in [-0.2, 0) is 11.3 Å². The molecule has 2 aromatic heterocycles. The van der Waals surface area contributed by atoms with Gasteiger partial charge in [0.25, 0.3) is 5.91 Å². The van der Waals surface area contributed by atoms with E-state index in [4.69, 9.17) is 9.72 Å². The van der Waals surface area contributed by atoms with Crippen molar-refractivity contribution in [1.82, 2.24) is 14.9 Å². The predicted octanol–water partition coefficient (Wildman–Crippen LogP) is 3.85. The van der Waals surface area contributed by atoms with Crippen molar-refractivity contribution >= 4 is 33.3 Å². The van der Waals surface area contributed by atoms with Crippen LogP contribution in [0.1, 0.15) is 15.9 Å². The van der Waals surface area contributed by atoms with Crippen molar-refractivity contribution in [3.8, 4) is 22.1 Å². The van der Waals surface area contributed by atoms with Crippen molar-refractivity contribution in [1.29, 1.82) is 0 Å². The molecule has 1 saturated heterocycles. The number of rotatable bonds is 5. The lowest BCUT2D eigenvalue weighted by molar-refractivity contribution is 0.0341. The summed E-state index contributed by atoms with van der Waals surface area (Å²) in [5, 5.41) is 22.8. The van der Waals surface area contributed by atoms with Gasteiger partial charge in [-0.1, -0.05) is 23.5 Å². The lowest BCUT2D eigenvalue weighted by atomic mass is 10.1. The molecule has 0 unspecified atom stereocenters. The molecule has 3 N–H and O–H groups in total. The number of phenolic OH excluding ortho intramolecular Hbond substituents is 2. The van der Waals surface area contributed by atoms with Crippen LogP contribution in [0, 0.1) is 0 Å². The normalized spacial score (nSPS) is 14.4. The molecule has 3 heterocycles. The van der Waals surface area contributed by atoms with Gasteiger partial charge in [-0.3, -0.25) is 9.69 Å². The molecule has 4 aromatic rings. The highest BCUT2D eigenvalue weighted by Gasteiger charge is 2.16. The van der Waals surface area contributed by atoms with Crippen molar-refractivity contribution in [2.75, 3.05) is 31.6 Å². The zero-order valence-corrected chi connectivity index (χ0v) is 18.5. The summed E-state index contributed by atoms with van der Waals surface area (Å²) in [5.74, 6) is -1.02. The van der Waals surface area contributed by atoms with Crippen LogP contribution in [-0.4, -0.2) is 57.3 Å². The number of aromatic hydroxyl groups is 2. The Morgan fingerprint density at radius 1 is 1.09 bits per heavy atom. The van der Waals surface area contributed by atoms with Gasteiger partial charge in [0, 0.05) is 37.0 Å². The topological polar surface area (TPSA) is 108 Å². The van der Waals surface area contributed by atoms with Gasteiger partial charge in [-0.25, -0.2) is 9.97 Å². The fourth-order valence-corrected chi connectivity index (χ4v) is 4.65. The van der Waals surface area contributed by atoms with Crippen LogP contribution in [0.25, 0.3) is 20.9 Å². The van der Waals surface area contributed by atoms with E-state index in [0.29, 0.717) is 5.69 Å². The minimum Gasteiger partial charge on any atom is -0.504 e. The fraction of sp³-hybridized carbons (Fsp3) is 0.208. The van der Waals surface area contributed by atoms with E-state index in [0.717, 1.165) is 59.3 Å². The van der Waals surface area contributed by atoms with Gasteiger partial charge in [0.2, 0.25) is 0 Å². The monoisotopic (exact) mass is 462 g/mol. The van der Waals surface area contributed by atoms with Crippen molar-refractivity contribution in [3.63, 3.8) is 0 Å². The number of phenols is 2. The Morgan fingerprint density at radius 3 is 2.73 bits per heavy atom. The lowest BCUT2D eigenvalue weighted by Crippen LogP contribution is -2.35. The third kappa shape index (κ3) is 4.65. The van der Waals surface area contributed by atoms with Gasteiger partial charge >= 0.3 is 0 Å². The second-order valence-electron chi connectivity index (χ2n) is 7.78. The highest BCUT2D eigenvalue weighted by Crippen LogP contribution is 2.34. The minimum atomic E-state index is -0.398. The number of benzene rings is 2. The number of hydrogen-bond acceptors (Lipinski definition) is 8. The number of ether oxygens (including phenoxy) is 1. The molecule has 0 bridgehead atoms. The average Bonchev–Trinajstić information content (AvgIpc) is 3.25. The number of hydrogen-bond donors (Lipinski definition) is 3. The first-order valence-corrected chi connectivity index (χ1v) is 11.4. The Bertz CT molecular complexity index is 1320. The number of thiazole rings is 1. The molecule has 168 valence electrons. The molecule has 0 atom stereocenters. The van der Waals surface area contributed by atoms with Gasteiger partial charge in [0.1, 0.15) is 15.4 Å². The molecule has 5 rings (SSSR count). The maximum atomic E-state index is 12.7. The van der Waals surface area contributed by atoms with E-state index in [2.05, 4.69) is 21.3 Å². The Hall–Kier alpha value is -3.53. The summed E-state index contributed by atoms with van der Waals surface area (Å²) in [5.41, 5.74) is 3.55. The van der Waals surface area contributed by atoms with Gasteiger partial charge in [0.15, 0.2) is 11.5 Å². The number of nitrogens with one attached hydrogen (secondary N) is 1. The number of carbonyl (C=O) groups excluding carboxylic acids is 1. The molecule has 0 aliphatic carbocycles. The quantitative estimate of drug-likeness (QED) is 0.387. The SMILES string of the molecule is O=C(Nc1ccccc1-c1nc2cc(CN3CCOCC3)cnc2s1)c1ccc(O)c(O)c1.